The quantitative estimate of drug-likeness (QED) is 0.464. The minimum absolute atomic E-state index is 0.226. The van der Waals surface area contributed by atoms with Crippen molar-refractivity contribution in [2.24, 2.45) is 0 Å². The molecule has 1 N–H and O–H groups in total. The molecule has 8 nitrogen and oxygen atoms in total. The first-order valence-electron chi connectivity index (χ1n) is 12.4. The zero-order valence-corrected chi connectivity index (χ0v) is 19.9. The molecule has 4 heterocycles. The number of aryl methyl sites for hydroxylation is 1. The number of furan rings is 1. The molecule has 6 rings (SSSR count). The summed E-state index contributed by atoms with van der Waals surface area (Å²) in [4.78, 5) is 28.2. The Morgan fingerprint density at radius 3 is 2.56 bits per heavy atom. The lowest BCUT2D eigenvalue weighted by Crippen LogP contribution is -2.50. The van der Waals surface area contributed by atoms with Gasteiger partial charge in [-0.2, -0.15) is 0 Å². The molecule has 0 radical (unpaired) electrons. The van der Waals surface area contributed by atoms with Crippen molar-refractivity contribution >= 4 is 17.5 Å². The summed E-state index contributed by atoms with van der Waals surface area (Å²) in [6.07, 6.45) is 6.35. The highest BCUT2D eigenvalue weighted by atomic mass is 16.3. The summed E-state index contributed by atoms with van der Waals surface area (Å²) in [6, 6.07) is 18.2. The van der Waals surface area contributed by atoms with E-state index in [9.17, 15) is 9.59 Å². The van der Waals surface area contributed by atoms with Gasteiger partial charge < -0.3 is 19.2 Å². The number of carbonyl (C=O) groups excluding carboxylic acids is 2. The van der Waals surface area contributed by atoms with Crippen LogP contribution in [0.1, 0.15) is 46.8 Å². The zero-order chi connectivity index (χ0) is 24.5. The second-order valence-corrected chi connectivity index (χ2v) is 9.37. The zero-order valence-electron chi connectivity index (χ0n) is 19.9. The van der Waals surface area contributed by atoms with Crippen molar-refractivity contribution in [3.8, 4) is 11.4 Å². The number of carbonyl (C=O) groups is 2. The van der Waals surface area contributed by atoms with Gasteiger partial charge >= 0.3 is 0 Å². The van der Waals surface area contributed by atoms with Gasteiger partial charge in [-0.15, -0.1) is 10.2 Å². The lowest BCUT2D eigenvalue weighted by molar-refractivity contribution is -0.121. The predicted molar refractivity (Wildman–Crippen MR) is 134 cm³/mol. The third kappa shape index (κ3) is 4.19. The van der Waals surface area contributed by atoms with E-state index in [4.69, 9.17) is 4.42 Å². The van der Waals surface area contributed by atoms with Crippen molar-refractivity contribution in [1.29, 1.82) is 0 Å². The van der Waals surface area contributed by atoms with E-state index in [0.29, 0.717) is 18.7 Å². The molecule has 0 saturated carbocycles. The van der Waals surface area contributed by atoms with E-state index in [2.05, 4.69) is 20.1 Å². The molecule has 1 atom stereocenters. The van der Waals surface area contributed by atoms with E-state index in [0.717, 1.165) is 54.1 Å². The van der Waals surface area contributed by atoms with Gasteiger partial charge in [0, 0.05) is 37.2 Å². The fraction of sp³-hybridized carbons (Fsp3) is 0.286. The van der Waals surface area contributed by atoms with Crippen molar-refractivity contribution in [3.05, 3.63) is 89.6 Å². The third-order valence-electron chi connectivity index (χ3n) is 7.06. The number of nitrogens with zero attached hydrogens (tertiary/aromatic N) is 4. The van der Waals surface area contributed by atoms with Crippen molar-refractivity contribution in [2.45, 2.75) is 51.2 Å². The van der Waals surface area contributed by atoms with E-state index >= 15 is 0 Å². The number of aromatic nitrogens is 3. The Hall–Kier alpha value is -4.20. The van der Waals surface area contributed by atoms with Gasteiger partial charge in [-0.05, 0) is 60.4 Å². The van der Waals surface area contributed by atoms with Crippen LogP contribution in [-0.2, 0) is 30.7 Å². The molecule has 0 spiro atoms. The molecule has 2 aromatic heterocycles. The van der Waals surface area contributed by atoms with Crippen LogP contribution in [0.15, 0.2) is 71.3 Å². The highest BCUT2D eigenvalue weighted by Gasteiger charge is 2.36. The fourth-order valence-electron chi connectivity index (χ4n) is 5.14. The van der Waals surface area contributed by atoms with Crippen LogP contribution in [0.4, 0.5) is 5.69 Å². The maximum atomic E-state index is 13.4. The van der Waals surface area contributed by atoms with E-state index in [-0.39, 0.29) is 17.6 Å². The maximum Gasteiger partial charge on any atom is 0.290 e. The first-order chi connectivity index (χ1) is 17.7. The SMILES string of the molecule is O=C(Nc1ccc(-c2nnc3n2CCCCC3)cc1)C1Cc2ccccc2CN1C(=O)c1ccco1. The molecule has 36 heavy (non-hydrogen) atoms. The topological polar surface area (TPSA) is 93.3 Å². The summed E-state index contributed by atoms with van der Waals surface area (Å²) < 4.78 is 7.55. The van der Waals surface area contributed by atoms with Crippen molar-refractivity contribution in [1.82, 2.24) is 19.7 Å². The lowest BCUT2D eigenvalue weighted by Gasteiger charge is -2.35. The van der Waals surface area contributed by atoms with E-state index in [1.165, 1.54) is 12.7 Å². The summed E-state index contributed by atoms with van der Waals surface area (Å²) in [7, 11) is 0. The minimum atomic E-state index is -0.649. The molecule has 0 aliphatic carbocycles. The summed E-state index contributed by atoms with van der Waals surface area (Å²) in [5.74, 6) is 1.61. The lowest BCUT2D eigenvalue weighted by atomic mass is 9.93. The van der Waals surface area contributed by atoms with Gasteiger partial charge in [0.25, 0.3) is 5.91 Å². The molecule has 0 fully saturated rings. The van der Waals surface area contributed by atoms with Gasteiger partial charge in [-0.1, -0.05) is 30.7 Å². The molecule has 1 unspecified atom stereocenters. The first kappa shape index (κ1) is 22.3. The summed E-state index contributed by atoms with van der Waals surface area (Å²) in [5.41, 5.74) is 3.75. The number of anilines is 1. The van der Waals surface area contributed by atoms with Crippen LogP contribution in [0, 0.1) is 0 Å². The average Bonchev–Trinajstić information content (AvgIpc) is 3.53. The molecule has 0 bridgehead atoms. The van der Waals surface area contributed by atoms with Crippen LogP contribution in [0.25, 0.3) is 11.4 Å². The van der Waals surface area contributed by atoms with Gasteiger partial charge in [0.05, 0.1) is 6.26 Å². The second kappa shape index (κ2) is 9.45. The van der Waals surface area contributed by atoms with Crippen LogP contribution in [0.2, 0.25) is 0 Å². The van der Waals surface area contributed by atoms with Crippen molar-refractivity contribution in [2.75, 3.05) is 5.32 Å². The Morgan fingerprint density at radius 1 is 0.917 bits per heavy atom. The van der Waals surface area contributed by atoms with Gasteiger partial charge in [0.15, 0.2) is 11.6 Å². The Bertz CT molecular complexity index is 1390. The molecular weight excluding hydrogens is 454 g/mol. The normalized spacial score (nSPS) is 17.1. The summed E-state index contributed by atoms with van der Waals surface area (Å²) in [6.45, 7) is 1.28. The number of nitrogens with one attached hydrogen (secondary N) is 1. The van der Waals surface area contributed by atoms with Crippen LogP contribution in [0.3, 0.4) is 0 Å². The molecule has 2 amide bonds. The second-order valence-electron chi connectivity index (χ2n) is 9.37. The van der Waals surface area contributed by atoms with Crippen molar-refractivity contribution in [3.63, 3.8) is 0 Å². The Morgan fingerprint density at radius 2 is 1.75 bits per heavy atom. The molecular formula is C28H27N5O3. The number of benzene rings is 2. The van der Waals surface area contributed by atoms with Crippen molar-refractivity contribution < 1.29 is 14.0 Å². The summed E-state index contributed by atoms with van der Waals surface area (Å²) >= 11 is 0. The maximum absolute atomic E-state index is 13.4. The highest BCUT2D eigenvalue weighted by molar-refractivity contribution is 6.00. The van der Waals surface area contributed by atoms with Gasteiger partial charge in [0.2, 0.25) is 5.91 Å². The predicted octanol–water partition coefficient (Wildman–Crippen LogP) is 4.47. The van der Waals surface area contributed by atoms with Crippen LogP contribution >= 0.6 is 0 Å². The highest BCUT2D eigenvalue weighted by Crippen LogP contribution is 2.27. The molecule has 4 aromatic rings. The number of hydrogen-bond acceptors (Lipinski definition) is 5. The van der Waals surface area contributed by atoms with Gasteiger partial charge in [-0.3, -0.25) is 9.59 Å². The smallest absolute Gasteiger partial charge is 0.290 e. The monoisotopic (exact) mass is 481 g/mol. The first-order valence-corrected chi connectivity index (χ1v) is 12.4. The Balaban J connectivity index is 1.22. The number of rotatable bonds is 4. The molecule has 2 aliphatic rings. The van der Waals surface area contributed by atoms with Gasteiger partial charge in [0.1, 0.15) is 11.9 Å². The molecule has 2 aromatic carbocycles. The largest absolute Gasteiger partial charge is 0.459 e. The molecule has 8 heteroatoms. The molecule has 0 saturated heterocycles. The number of amides is 2. The Kier molecular flexibility index (Phi) is 5.85. The van der Waals surface area contributed by atoms with E-state index in [1.54, 1.807) is 17.0 Å². The standard InChI is InChI=1S/C28H27N5O3/c34-27(23-17-20-7-3-4-8-21(20)18-33(23)28(35)24-9-6-16-36-24)29-22-13-11-19(12-14-22)26-31-30-25-10-2-1-5-15-32(25)26/h3-4,6-9,11-14,16,23H,1-2,5,10,15,17-18H2,(H,29,34). The Labute approximate surface area is 208 Å². The van der Waals surface area contributed by atoms with E-state index < -0.39 is 6.04 Å². The van der Waals surface area contributed by atoms with E-state index in [1.807, 2.05) is 48.5 Å². The van der Waals surface area contributed by atoms with Gasteiger partial charge in [-0.25, -0.2) is 0 Å². The molecule has 182 valence electrons. The third-order valence-corrected chi connectivity index (χ3v) is 7.06. The van der Waals surface area contributed by atoms with Crippen LogP contribution in [-0.4, -0.2) is 37.5 Å². The van der Waals surface area contributed by atoms with Crippen LogP contribution < -0.4 is 5.32 Å². The van der Waals surface area contributed by atoms with Crippen LogP contribution in [0.5, 0.6) is 0 Å². The molecule has 2 aliphatic heterocycles. The fourth-order valence-corrected chi connectivity index (χ4v) is 5.14. The average molecular weight is 482 g/mol. The number of fused-ring (bicyclic) bond motifs is 2. The minimum Gasteiger partial charge on any atom is -0.459 e. The summed E-state index contributed by atoms with van der Waals surface area (Å²) in [5, 5.41) is 11.8. The number of hydrogen-bond donors (Lipinski definition) is 1.